The van der Waals surface area contributed by atoms with Crippen molar-refractivity contribution in [3.63, 3.8) is 0 Å². The van der Waals surface area contributed by atoms with E-state index in [2.05, 4.69) is 31.3 Å². The predicted octanol–water partition coefficient (Wildman–Crippen LogP) is 6.14. The van der Waals surface area contributed by atoms with Crippen LogP contribution in [-0.2, 0) is 28.0 Å². The fourth-order valence-corrected chi connectivity index (χ4v) is 3.97. The highest BCUT2D eigenvalue weighted by Crippen LogP contribution is 2.23. The summed E-state index contributed by atoms with van der Waals surface area (Å²) in [5, 5.41) is 3.08. The Balaban J connectivity index is 1.71. The lowest BCUT2D eigenvalue weighted by Crippen LogP contribution is -2.52. The molecule has 0 aliphatic carbocycles. The molecule has 0 heterocycles. The topological polar surface area (TPSA) is 67.9 Å². The number of carbonyl (C=O) groups is 2. The number of hydrogen-bond donors (Lipinski definition) is 1. The van der Waals surface area contributed by atoms with Gasteiger partial charge in [-0.25, -0.2) is 4.79 Å². The smallest absolute Gasteiger partial charge is 0.410 e. The standard InChI is InChI=1S/C32H40N2O4/c1-31(2,3)38-30(36)34(6)28(29(35)33-23-32(4,5)26-15-11-8-12-16-26)21-24-17-19-27(20-18-24)37-22-25-13-9-7-10-14-25/h7-20,28H,21-23H2,1-6H3,(H,33,35)/t28-/m0/s1. The van der Waals surface area contributed by atoms with E-state index in [9.17, 15) is 9.59 Å². The summed E-state index contributed by atoms with van der Waals surface area (Å²) in [4.78, 5) is 27.8. The third-order valence-corrected chi connectivity index (χ3v) is 6.31. The molecule has 1 atom stereocenters. The second kappa shape index (κ2) is 12.6. The highest BCUT2D eigenvalue weighted by atomic mass is 16.6. The molecular formula is C32H40N2O4. The Morgan fingerprint density at radius 1 is 0.816 bits per heavy atom. The maximum Gasteiger partial charge on any atom is 0.410 e. The summed E-state index contributed by atoms with van der Waals surface area (Å²) in [6, 6.07) is 26.9. The Morgan fingerprint density at radius 2 is 1.39 bits per heavy atom. The monoisotopic (exact) mass is 516 g/mol. The van der Waals surface area contributed by atoms with E-state index in [1.807, 2.05) is 93.6 Å². The van der Waals surface area contributed by atoms with Crippen LogP contribution in [0.25, 0.3) is 0 Å². The van der Waals surface area contributed by atoms with Crippen molar-refractivity contribution >= 4 is 12.0 Å². The Kier molecular flexibility index (Phi) is 9.56. The zero-order valence-corrected chi connectivity index (χ0v) is 23.4. The second-order valence-electron chi connectivity index (χ2n) is 11.2. The predicted molar refractivity (Wildman–Crippen MR) is 151 cm³/mol. The van der Waals surface area contributed by atoms with E-state index >= 15 is 0 Å². The Bertz CT molecular complexity index is 1170. The van der Waals surface area contributed by atoms with Crippen molar-refractivity contribution in [3.8, 4) is 5.75 Å². The molecule has 38 heavy (non-hydrogen) atoms. The largest absolute Gasteiger partial charge is 0.489 e. The molecule has 0 spiro atoms. The highest BCUT2D eigenvalue weighted by molar-refractivity contribution is 5.86. The lowest BCUT2D eigenvalue weighted by atomic mass is 9.84. The lowest BCUT2D eigenvalue weighted by molar-refractivity contribution is -0.126. The fourth-order valence-electron chi connectivity index (χ4n) is 3.97. The van der Waals surface area contributed by atoms with Gasteiger partial charge in [0.1, 0.15) is 24.0 Å². The van der Waals surface area contributed by atoms with Crippen LogP contribution in [0.15, 0.2) is 84.9 Å². The maximum absolute atomic E-state index is 13.5. The van der Waals surface area contributed by atoms with Crippen molar-refractivity contribution in [2.75, 3.05) is 13.6 Å². The van der Waals surface area contributed by atoms with Crippen LogP contribution < -0.4 is 10.1 Å². The Morgan fingerprint density at radius 3 is 1.97 bits per heavy atom. The average Bonchev–Trinajstić information content (AvgIpc) is 2.89. The molecule has 1 N–H and O–H groups in total. The first-order valence-corrected chi connectivity index (χ1v) is 13.0. The van der Waals surface area contributed by atoms with Gasteiger partial charge >= 0.3 is 6.09 Å². The van der Waals surface area contributed by atoms with E-state index in [-0.39, 0.29) is 11.3 Å². The van der Waals surface area contributed by atoms with Crippen molar-refractivity contribution in [3.05, 3.63) is 102 Å². The van der Waals surface area contributed by atoms with E-state index in [1.54, 1.807) is 7.05 Å². The number of benzene rings is 3. The SMILES string of the molecule is CN(C(=O)OC(C)(C)C)[C@@H](Cc1ccc(OCc2ccccc2)cc1)C(=O)NCC(C)(C)c1ccccc1. The minimum Gasteiger partial charge on any atom is -0.489 e. The summed E-state index contributed by atoms with van der Waals surface area (Å²) >= 11 is 0. The summed E-state index contributed by atoms with van der Waals surface area (Å²) in [6.07, 6.45) is -0.199. The number of rotatable bonds is 10. The number of hydrogen-bond acceptors (Lipinski definition) is 4. The number of likely N-dealkylation sites (N-methyl/N-ethyl adjacent to an activating group) is 1. The first-order valence-electron chi connectivity index (χ1n) is 13.0. The third-order valence-electron chi connectivity index (χ3n) is 6.31. The van der Waals surface area contributed by atoms with Gasteiger partial charge in [0.15, 0.2) is 0 Å². The van der Waals surface area contributed by atoms with Crippen LogP contribution in [0.1, 0.15) is 51.3 Å². The van der Waals surface area contributed by atoms with Gasteiger partial charge in [-0.05, 0) is 49.6 Å². The van der Waals surface area contributed by atoms with Crippen LogP contribution >= 0.6 is 0 Å². The first kappa shape index (κ1) is 28.8. The molecule has 6 nitrogen and oxygen atoms in total. The van der Waals surface area contributed by atoms with Crippen LogP contribution in [0.2, 0.25) is 0 Å². The molecule has 0 aliphatic heterocycles. The van der Waals surface area contributed by atoms with E-state index in [0.717, 1.165) is 22.4 Å². The minimum atomic E-state index is -0.743. The van der Waals surface area contributed by atoms with Gasteiger partial charge in [0.2, 0.25) is 5.91 Å². The highest BCUT2D eigenvalue weighted by Gasteiger charge is 2.32. The van der Waals surface area contributed by atoms with Gasteiger partial charge in [-0.1, -0.05) is 86.6 Å². The number of carbonyl (C=O) groups excluding carboxylic acids is 2. The molecule has 0 unspecified atom stereocenters. The zero-order chi connectivity index (χ0) is 27.8. The second-order valence-corrected chi connectivity index (χ2v) is 11.2. The van der Waals surface area contributed by atoms with Crippen LogP contribution in [0.4, 0.5) is 4.79 Å². The lowest BCUT2D eigenvalue weighted by Gasteiger charge is -2.32. The molecule has 0 bridgehead atoms. The Hall–Kier alpha value is -3.80. The van der Waals surface area contributed by atoms with Crippen molar-refractivity contribution < 1.29 is 19.1 Å². The number of nitrogens with zero attached hydrogens (tertiary/aromatic N) is 1. The number of ether oxygens (including phenoxy) is 2. The molecule has 0 saturated heterocycles. The van der Waals surface area contributed by atoms with Gasteiger partial charge in [-0.2, -0.15) is 0 Å². The van der Waals surface area contributed by atoms with E-state index < -0.39 is 17.7 Å². The Labute approximate surface area is 227 Å². The molecule has 0 aliphatic rings. The van der Waals surface area contributed by atoms with Crippen LogP contribution in [-0.4, -0.2) is 42.1 Å². The van der Waals surface area contributed by atoms with Crippen LogP contribution in [0, 0.1) is 0 Å². The maximum atomic E-state index is 13.5. The van der Waals surface area contributed by atoms with E-state index in [4.69, 9.17) is 9.47 Å². The molecule has 3 aromatic carbocycles. The summed E-state index contributed by atoms with van der Waals surface area (Å²) in [5.41, 5.74) is 2.19. The summed E-state index contributed by atoms with van der Waals surface area (Å²) in [5.74, 6) is 0.510. The average molecular weight is 517 g/mol. The van der Waals surface area contributed by atoms with E-state index in [0.29, 0.717) is 19.6 Å². The number of amides is 2. The summed E-state index contributed by atoms with van der Waals surface area (Å²) in [7, 11) is 1.61. The van der Waals surface area contributed by atoms with Gasteiger partial charge in [0.25, 0.3) is 0 Å². The van der Waals surface area contributed by atoms with Gasteiger partial charge in [0.05, 0.1) is 0 Å². The van der Waals surface area contributed by atoms with Crippen molar-refractivity contribution in [1.29, 1.82) is 0 Å². The molecule has 3 rings (SSSR count). The van der Waals surface area contributed by atoms with Crippen molar-refractivity contribution in [2.24, 2.45) is 0 Å². The number of nitrogens with one attached hydrogen (secondary N) is 1. The van der Waals surface area contributed by atoms with Gasteiger partial charge < -0.3 is 14.8 Å². The molecule has 0 fully saturated rings. The molecule has 0 saturated carbocycles. The van der Waals surface area contributed by atoms with Crippen molar-refractivity contribution in [1.82, 2.24) is 10.2 Å². The summed E-state index contributed by atoms with van der Waals surface area (Å²) < 4.78 is 11.5. The molecule has 6 heteroatoms. The van der Waals surface area contributed by atoms with Gasteiger partial charge in [-0.3, -0.25) is 9.69 Å². The minimum absolute atomic E-state index is 0.230. The van der Waals surface area contributed by atoms with Crippen molar-refractivity contribution in [2.45, 2.75) is 64.7 Å². The third kappa shape index (κ3) is 8.65. The summed E-state index contributed by atoms with van der Waals surface area (Å²) in [6.45, 7) is 10.5. The molecule has 0 aromatic heterocycles. The van der Waals surface area contributed by atoms with Crippen LogP contribution in [0.3, 0.4) is 0 Å². The molecule has 202 valence electrons. The first-order chi connectivity index (χ1) is 17.9. The molecule has 2 amide bonds. The van der Waals surface area contributed by atoms with Crippen LogP contribution in [0.5, 0.6) is 5.75 Å². The van der Waals surface area contributed by atoms with Gasteiger partial charge in [0, 0.05) is 25.4 Å². The van der Waals surface area contributed by atoms with Gasteiger partial charge in [-0.15, -0.1) is 0 Å². The normalized spacial score (nSPS) is 12.4. The molecule has 3 aromatic rings. The molecule has 0 radical (unpaired) electrons. The fraction of sp³-hybridized carbons (Fsp3) is 0.375. The quantitative estimate of drug-likeness (QED) is 0.352. The van der Waals surface area contributed by atoms with E-state index in [1.165, 1.54) is 4.90 Å². The molecular weight excluding hydrogens is 476 g/mol. The zero-order valence-electron chi connectivity index (χ0n) is 23.4.